The summed E-state index contributed by atoms with van der Waals surface area (Å²) in [5, 5.41) is 13.6. The first kappa shape index (κ1) is 19.7. The van der Waals surface area contributed by atoms with Crippen molar-refractivity contribution >= 4 is 23.2 Å². The molecule has 0 aliphatic heterocycles. The first-order valence-corrected chi connectivity index (χ1v) is 7.87. The van der Waals surface area contributed by atoms with Gasteiger partial charge in [0.1, 0.15) is 11.5 Å². The van der Waals surface area contributed by atoms with Gasteiger partial charge in [-0.25, -0.2) is 0 Å². The number of nitro groups is 1. The molecule has 0 spiro atoms. The first-order valence-electron chi connectivity index (χ1n) is 7.87. The van der Waals surface area contributed by atoms with E-state index in [1.54, 1.807) is 24.3 Å². The van der Waals surface area contributed by atoms with Crippen molar-refractivity contribution in [1.82, 2.24) is 4.90 Å². The molecule has 0 saturated carbocycles. The summed E-state index contributed by atoms with van der Waals surface area (Å²) in [7, 11) is 4.32. The Labute approximate surface area is 155 Å². The van der Waals surface area contributed by atoms with Gasteiger partial charge in [-0.05, 0) is 30.3 Å². The molecule has 27 heavy (non-hydrogen) atoms. The number of likely N-dealkylation sites (N-methyl/N-ethyl adjacent to an activating group) is 1. The Morgan fingerprint density at radius 1 is 1.11 bits per heavy atom. The van der Waals surface area contributed by atoms with Crippen LogP contribution in [0, 0.1) is 10.1 Å². The molecule has 2 rings (SSSR count). The summed E-state index contributed by atoms with van der Waals surface area (Å²) in [6, 6.07) is 10.4. The number of rotatable bonds is 7. The Morgan fingerprint density at radius 2 is 1.78 bits per heavy atom. The van der Waals surface area contributed by atoms with E-state index in [1.807, 2.05) is 0 Å². The minimum Gasteiger partial charge on any atom is -0.497 e. The molecule has 0 aliphatic carbocycles. The van der Waals surface area contributed by atoms with Gasteiger partial charge in [-0.15, -0.1) is 0 Å². The largest absolute Gasteiger partial charge is 0.497 e. The molecule has 2 aromatic carbocycles. The number of amides is 2. The van der Waals surface area contributed by atoms with E-state index in [-0.39, 0.29) is 23.5 Å². The zero-order chi connectivity index (χ0) is 20.0. The summed E-state index contributed by atoms with van der Waals surface area (Å²) in [6.45, 7) is -0.239. The molecule has 142 valence electrons. The molecule has 2 amide bonds. The van der Waals surface area contributed by atoms with E-state index in [1.165, 1.54) is 33.4 Å². The van der Waals surface area contributed by atoms with Crippen LogP contribution < -0.4 is 14.8 Å². The van der Waals surface area contributed by atoms with Crippen LogP contribution in [-0.4, -0.2) is 49.4 Å². The predicted octanol–water partition coefficient (Wildman–Crippen LogP) is 2.32. The molecule has 0 aromatic heterocycles. The van der Waals surface area contributed by atoms with Crippen molar-refractivity contribution in [1.29, 1.82) is 0 Å². The van der Waals surface area contributed by atoms with Gasteiger partial charge < -0.3 is 19.7 Å². The highest BCUT2D eigenvalue weighted by molar-refractivity contribution is 6.01. The highest BCUT2D eigenvalue weighted by Gasteiger charge is 2.22. The fraction of sp³-hybridized carbons (Fsp3) is 0.222. The zero-order valence-electron chi connectivity index (χ0n) is 15.1. The number of nitrogens with one attached hydrogen (secondary N) is 1. The third kappa shape index (κ3) is 4.94. The summed E-state index contributed by atoms with van der Waals surface area (Å²) in [5.74, 6) is -0.146. The average Bonchev–Trinajstić information content (AvgIpc) is 2.67. The molecule has 9 heteroatoms. The fourth-order valence-electron chi connectivity index (χ4n) is 2.34. The maximum atomic E-state index is 12.6. The lowest BCUT2D eigenvalue weighted by Crippen LogP contribution is -2.35. The van der Waals surface area contributed by atoms with E-state index >= 15 is 0 Å². The monoisotopic (exact) mass is 373 g/mol. The van der Waals surface area contributed by atoms with Crippen molar-refractivity contribution in [3.8, 4) is 11.5 Å². The Balaban J connectivity index is 2.09. The van der Waals surface area contributed by atoms with Crippen LogP contribution in [0.4, 0.5) is 11.4 Å². The highest BCUT2D eigenvalue weighted by Crippen LogP contribution is 2.25. The lowest BCUT2D eigenvalue weighted by molar-refractivity contribution is -0.384. The molecule has 0 saturated heterocycles. The highest BCUT2D eigenvalue weighted by atomic mass is 16.6. The van der Waals surface area contributed by atoms with E-state index < -0.39 is 16.7 Å². The number of hydrogen-bond acceptors (Lipinski definition) is 6. The topological polar surface area (TPSA) is 111 Å². The normalized spacial score (nSPS) is 10.0. The van der Waals surface area contributed by atoms with Gasteiger partial charge in [-0.2, -0.15) is 0 Å². The van der Waals surface area contributed by atoms with Crippen LogP contribution in [0.1, 0.15) is 10.4 Å². The molecule has 0 radical (unpaired) electrons. The third-order valence-electron chi connectivity index (χ3n) is 3.73. The number of nitrogens with zero attached hydrogens (tertiary/aromatic N) is 2. The van der Waals surface area contributed by atoms with Crippen molar-refractivity contribution in [2.75, 3.05) is 33.1 Å². The van der Waals surface area contributed by atoms with Gasteiger partial charge in [0.25, 0.3) is 11.6 Å². The van der Waals surface area contributed by atoms with Crippen molar-refractivity contribution < 1.29 is 24.0 Å². The standard InChI is InChI=1S/C18H19N3O6/c1-20(11-17(22)19-12-4-7-14(26-2)8-5-12)18(23)15-10-13(21(24)25)6-9-16(15)27-3/h4-10H,11H2,1-3H3,(H,19,22). The smallest absolute Gasteiger partial charge is 0.270 e. The van der Waals surface area contributed by atoms with E-state index in [0.29, 0.717) is 11.4 Å². The molecule has 0 bridgehead atoms. The van der Waals surface area contributed by atoms with Gasteiger partial charge in [0.15, 0.2) is 0 Å². The summed E-state index contributed by atoms with van der Waals surface area (Å²) in [4.78, 5) is 36.3. The maximum absolute atomic E-state index is 12.6. The number of carbonyl (C=O) groups excluding carboxylic acids is 2. The molecule has 1 N–H and O–H groups in total. The first-order chi connectivity index (χ1) is 12.8. The number of hydrogen-bond donors (Lipinski definition) is 1. The molecule has 0 aliphatic rings. The maximum Gasteiger partial charge on any atom is 0.270 e. The number of methoxy groups -OCH3 is 2. The van der Waals surface area contributed by atoms with Crippen molar-refractivity contribution in [3.63, 3.8) is 0 Å². The second-order valence-corrected chi connectivity index (χ2v) is 5.58. The molecule has 0 unspecified atom stereocenters. The molecular formula is C18H19N3O6. The van der Waals surface area contributed by atoms with E-state index in [4.69, 9.17) is 9.47 Å². The SMILES string of the molecule is COc1ccc(NC(=O)CN(C)C(=O)c2cc([N+](=O)[O-])ccc2OC)cc1. The fourth-order valence-corrected chi connectivity index (χ4v) is 2.34. The number of anilines is 1. The van der Waals surface area contributed by atoms with Gasteiger partial charge in [0.2, 0.25) is 5.91 Å². The Bertz CT molecular complexity index is 851. The second-order valence-electron chi connectivity index (χ2n) is 5.58. The van der Waals surface area contributed by atoms with Crippen molar-refractivity contribution in [2.45, 2.75) is 0 Å². The van der Waals surface area contributed by atoms with Crippen molar-refractivity contribution in [2.24, 2.45) is 0 Å². The number of ether oxygens (including phenoxy) is 2. The number of nitro benzene ring substituents is 1. The lowest BCUT2D eigenvalue weighted by atomic mass is 10.1. The van der Waals surface area contributed by atoms with Crippen LogP contribution in [0.2, 0.25) is 0 Å². The summed E-state index contributed by atoms with van der Waals surface area (Å²) in [5.41, 5.74) is 0.316. The van der Waals surface area contributed by atoms with E-state index in [0.717, 1.165) is 11.0 Å². The number of benzene rings is 2. The Hall–Kier alpha value is -3.62. The van der Waals surface area contributed by atoms with Crippen LogP contribution >= 0.6 is 0 Å². The van der Waals surface area contributed by atoms with E-state index in [9.17, 15) is 19.7 Å². The lowest BCUT2D eigenvalue weighted by Gasteiger charge is -2.18. The molecule has 9 nitrogen and oxygen atoms in total. The molecule has 0 atom stereocenters. The van der Waals surface area contributed by atoms with Crippen LogP contribution in [0.25, 0.3) is 0 Å². The van der Waals surface area contributed by atoms with E-state index in [2.05, 4.69) is 5.32 Å². The number of non-ortho nitro benzene ring substituents is 1. The molecular weight excluding hydrogens is 354 g/mol. The van der Waals surface area contributed by atoms with Crippen LogP contribution in [0.5, 0.6) is 11.5 Å². The van der Waals surface area contributed by atoms with Crippen LogP contribution in [-0.2, 0) is 4.79 Å². The van der Waals surface area contributed by atoms with Gasteiger partial charge in [0, 0.05) is 24.9 Å². The Kier molecular flexibility index (Phi) is 6.32. The average molecular weight is 373 g/mol. The van der Waals surface area contributed by atoms with Crippen LogP contribution in [0.15, 0.2) is 42.5 Å². The summed E-state index contributed by atoms with van der Waals surface area (Å²) in [6.07, 6.45) is 0. The third-order valence-corrected chi connectivity index (χ3v) is 3.73. The number of carbonyl (C=O) groups is 2. The minimum atomic E-state index is -0.605. The summed E-state index contributed by atoms with van der Waals surface area (Å²) >= 11 is 0. The van der Waals surface area contributed by atoms with Crippen LogP contribution in [0.3, 0.4) is 0 Å². The zero-order valence-corrected chi connectivity index (χ0v) is 15.1. The predicted molar refractivity (Wildman–Crippen MR) is 98.2 cm³/mol. The van der Waals surface area contributed by atoms with Gasteiger partial charge >= 0.3 is 0 Å². The molecule has 2 aromatic rings. The van der Waals surface area contributed by atoms with Gasteiger partial charge in [-0.1, -0.05) is 0 Å². The molecule has 0 fully saturated rings. The summed E-state index contributed by atoms with van der Waals surface area (Å²) < 4.78 is 10.1. The van der Waals surface area contributed by atoms with Gasteiger partial charge in [-0.3, -0.25) is 19.7 Å². The van der Waals surface area contributed by atoms with Gasteiger partial charge in [0.05, 0.1) is 31.3 Å². The van der Waals surface area contributed by atoms with Crippen molar-refractivity contribution in [3.05, 3.63) is 58.1 Å². The quantitative estimate of drug-likeness (QED) is 0.589. The minimum absolute atomic E-state index is 0.00597. The molecule has 0 heterocycles. The Morgan fingerprint density at radius 3 is 2.33 bits per heavy atom. The second kappa shape index (κ2) is 8.65.